The Balaban J connectivity index is 2.01. The van der Waals surface area contributed by atoms with Crippen molar-refractivity contribution >= 4 is 11.9 Å². The number of rotatable bonds is 0. The number of carboxylic acid groups (broad SMARTS) is 1. The Bertz CT molecular complexity index is 639. The molecule has 2 aliphatic rings. The van der Waals surface area contributed by atoms with Crippen molar-refractivity contribution in [3.8, 4) is 5.75 Å². The summed E-state index contributed by atoms with van der Waals surface area (Å²) < 4.78 is 6.36. The highest BCUT2D eigenvalue weighted by Gasteiger charge is 2.55. The number of hydrogen-bond acceptors (Lipinski definition) is 3. The molecule has 1 atom stereocenters. The van der Waals surface area contributed by atoms with Crippen LogP contribution in [0.3, 0.4) is 0 Å². The van der Waals surface area contributed by atoms with Gasteiger partial charge in [-0.15, -0.1) is 0 Å². The lowest BCUT2D eigenvalue weighted by Gasteiger charge is -2.51. The van der Waals surface area contributed by atoms with E-state index in [4.69, 9.17) is 4.74 Å². The minimum Gasteiger partial charge on any atom is -0.486 e. The Labute approximate surface area is 136 Å². The maximum absolute atomic E-state index is 13.1. The van der Waals surface area contributed by atoms with E-state index in [1.54, 1.807) is 0 Å². The van der Waals surface area contributed by atoms with Crippen LogP contribution in [0, 0.1) is 11.3 Å². The number of Topliss-reactive ketones (excluding diaryl/α,β-unsaturated/α-hetero) is 1. The highest BCUT2D eigenvalue weighted by Crippen LogP contribution is 2.49. The number of ether oxygens (including phenoxy) is 1. The molecule has 1 amide bonds. The molecule has 0 bridgehead atoms. The summed E-state index contributed by atoms with van der Waals surface area (Å²) in [6.45, 7) is 6.96. The Morgan fingerprint density at radius 3 is 2.43 bits per heavy atom. The normalized spacial score (nSPS) is 23.3. The SMILES string of the molecule is CC(C)(C)C1C(=O)c2ccccc2OC12CCN(C(=O)O)CC2. The largest absolute Gasteiger partial charge is 0.486 e. The van der Waals surface area contributed by atoms with Gasteiger partial charge in [0.1, 0.15) is 11.4 Å². The topological polar surface area (TPSA) is 66.8 Å². The number of hydrogen-bond donors (Lipinski definition) is 1. The highest BCUT2D eigenvalue weighted by molar-refractivity contribution is 6.02. The van der Waals surface area contributed by atoms with E-state index in [9.17, 15) is 14.7 Å². The summed E-state index contributed by atoms with van der Waals surface area (Å²) in [5, 5.41) is 9.18. The first kappa shape index (κ1) is 15.8. The van der Waals surface area contributed by atoms with Crippen LogP contribution in [0.5, 0.6) is 5.75 Å². The van der Waals surface area contributed by atoms with E-state index in [-0.39, 0.29) is 17.1 Å². The maximum Gasteiger partial charge on any atom is 0.407 e. The number of nitrogens with zero attached hydrogens (tertiary/aromatic N) is 1. The molecule has 1 fully saturated rings. The number of fused-ring (bicyclic) bond motifs is 1. The van der Waals surface area contributed by atoms with Crippen LogP contribution in [0.4, 0.5) is 4.79 Å². The fraction of sp³-hybridized carbons (Fsp3) is 0.556. The van der Waals surface area contributed by atoms with Crippen LogP contribution in [-0.4, -0.2) is 40.6 Å². The van der Waals surface area contributed by atoms with E-state index in [2.05, 4.69) is 20.8 Å². The van der Waals surface area contributed by atoms with Crippen LogP contribution in [0.1, 0.15) is 44.0 Å². The summed E-state index contributed by atoms with van der Waals surface area (Å²) in [5.41, 5.74) is -0.232. The predicted octanol–water partition coefficient (Wildman–Crippen LogP) is 3.44. The molecule has 1 aromatic carbocycles. The summed E-state index contributed by atoms with van der Waals surface area (Å²) in [7, 11) is 0. The van der Waals surface area contributed by atoms with Crippen LogP contribution >= 0.6 is 0 Å². The summed E-state index contributed by atoms with van der Waals surface area (Å²) >= 11 is 0. The number of ketones is 1. The summed E-state index contributed by atoms with van der Waals surface area (Å²) in [4.78, 5) is 25.7. The zero-order valence-electron chi connectivity index (χ0n) is 13.8. The Morgan fingerprint density at radius 2 is 1.87 bits per heavy atom. The molecule has 3 rings (SSSR count). The summed E-state index contributed by atoms with van der Waals surface area (Å²) in [5.74, 6) is 0.464. The van der Waals surface area contributed by atoms with Gasteiger partial charge in [0.25, 0.3) is 0 Å². The molecular formula is C18H23NO4. The van der Waals surface area contributed by atoms with E-state index in [1.165, 1.54) is 4.90 Å². The smallest absolute Gasteiger partial charge is 0.407 e. The third-order valence-electron chi connectivity index (χ3n) is 5.00. The zero-order valence-corrected chi connectivity index (χ0v) is 13.8. The van der Waals surface area contributed by atoms with Gasteiger partial charge in [0.05, 0.1) is 11.5 Å². The average Bonchev–Trinajstić information content (AvgIpc) is 2.46. The maximum atomic E-state index is 13.1. The second kappa shape index (κ2) is 5.25. The first-order chi connectivity index (χ1) is 10.7. The molecule has 23 heavy (non-hydrogen) atoms. The van der Waals surface area contributed by atoms with Gasteiger partial charge in [0, 0.05) is 25.9 Å². The lowest BCUT2D eigenvalue weighted by molar-refractivity contribution is -0.0695. The highest BCUT2D eigenvalue weighted by atomic mass is 16.5. The van der Waals surface area contributed by atoms with Crippen molar-refractivity contribution in [3.63, 3.8) is 0 Å². The van der Waals surface area contributed by atoms with Crippen molar-refractivity contribution in [1.82, 2.24) is 4.90 Å². The minimum absolute atomic E-state index is 0.114. The van der Waals surface area contributed by atoms with Crippen molar-refractivity contribution in [3.05, 3.63) is 29.8 Å². The second-order valence-corrected chi connectivity index (χ2v) is 7.60. The van der Waals surface area contributed by atoms with Gasteiger partial charge >= 0.3 is 6.09 Å². The lowest BCUT2D eigenvalue weighted by Crippen LogP contribution is -2.60. The van der Waals surface area contributed by atoms with E-state index < -0.39 is 11.7 Å². The van der Waals surface area contributed by atoms with Crippen molar-refractivity contribution in [2.45, 2.75) is 39.2 Å². The molecule has 0 aromatic heterocycles. The van der Waals surface area contributed by atoms with Gasteiger partial charge in [-0.25, -0.2) is 4.79 Å². The molecule has 0 radical (unpaired) electrons. The molecule has 5 heteroatoms. The number of para-hydroxylation sites is 1. The first-order valence-corrected chi connectivity index (χ1v) is 8.05. The number of likely N-dealkylation sites (tertiary alicyclic amines) is 1. The molecule has 0 saturated carbocycles. The van der Waals surface area contributed by atoms with Crippen molar-refractivity contribution in [2.24, 2.45) is 11.3 Å². The van der Waals surface area contributed by atoms with Crippen LogP contribution in [0.2, 0.25) is 0 Å². The van der Waals surface area contributed by atoms with Crippen LogP contribution in [0.15, 0.2) is 24.3 Å². The number of carbonyl (C=O) groups excluding carboxylic acids is 1. The molecule has 0 aliphatic carbocycles. The fourth-order valence-corrected chi connectivity index (χ4v) is 4.08. The Morgan fingerprint density at radius 1 is 1.26 bits per heavy atom. The molecule has 2 aliphatic heterocycles. The molecule has 1 saturated heterocycles. The van der Waals surface area contributed by atoms with Gasteiger partial charge in [-0.2, -0.15) is 0 Å². The monoisotopic (exact) mass is 317 g/mol. The molecule has 2 heterocycles. The number of carbonyl (C=O) groups is 2. The molecule has 124 valence electrons. The number of piperidine rings is 1. The van der Waals surface area contributed by atoms with E-state index in [0.29, 0.717) is 37.2 Å². The quantitative estimate of drug-likeness (QED) is 0.796. The number of benzene rings is 1. The van der Waals surface area contributed by atoms with E-state index in [0.717, 1.165) is 0 Å². The minimum atomic E-state index is -0.908. The van der Waals surface area contributed by atoms with Gasteiger partial charge in [0.15, 0.2) is 5.78 Å². The van der Waals surface area contributed by atoms with Gasteiger partial charge < -0.3 is 14.7 Å². The standard InChI is InChI=1S/C18H23NO4/c1-17(2,3)15-14(20)12-6-4-5-7-13(12)23-18(15)8-10-19(11-9-18)16(21)22/h4-7,15H,8-11H2,1-3H3,(H,21,22). The fourth-order valence-electron chi connectivity index (χ4n) is 4.08. The van der Waals surface area contributed by atoms with Crippen LogP contribution in [0.25, 0.3) is 0 Å². The molecular weight excluding hydrogens is 294 g/mol. The molecule has 1 unspecified atom stereocenters. The Hall–Kier alpha value is -2.04. The lowest BCUT2D eigenvalue weighted by atomic mass is 9.63. The van der Waals surface area contributed by atoms with Crippen LogP contribution < -0.4 is 4.74 Å². The van der Waals surface area contributed by atoms with E-state index in [1.807, 2.05) is 24.3 Å². The van der Waals surface area contributed by atoms with Crippen molar-refractivity contribution < 1.29 is 19.4 Å². The number of amides is 1. The third-order valence-corrected chi connectivity index (χ3v) is 5.00. The third kappa shape index (κ3) is 2.58. The second-order valence-electron chi connectivity index (χ2n) is 7.60. The summed E-state index contributed by atoms with van der Waals surface area (Å²) in [6, 6.07) is 7.36. The van der Waals surface area contributed by atoms with Crippen molar-refractivity contribution in [2.75, 3.05) is 13.1 Å². The van der Waals surface area contributed by atoms with Crippen LogP contribution in [-0.2, 0) is 0 Å². The average molecular weight is 317 g/mol. The predicted molar refractivity (Wildman–Crippen MR) is 85.9 cm³/mol. The van der Waals surface area contributed by atoms with Gasteiger partial charge in [-0.05, 0) is 17.5 Å². The van der Waals surface area contributed by atoms with Gasteiger partial charge in [0.2, 0.25) is 0 Å². The van der Waals surface area contributed by atoms with Crippen molar-refractivity contribution in [1.29, 1.82) is 0 Å². The summed E-state index contributed by atoms with van der Waals surface area (Å²) in [6.07, 6.45) is 0.178. The zero-order chi connectivity index (χ0) is 16.8. The Kier molecular flexibility index (Phi) is 3.62. The molecule has 1 spiro atoms. The van der Waals surface area contributed by atoms with E-state index >= 15 is 0 Å². The molecule has 1 N–H and O–H groups in total. The molecule has 1 aromatic rings. The van der Waals surface area contributed by atoms with Gasteiger partial charge in [-0.3, -0.25) is 4.79 Å². The van der Waals surface area contributed by atoms with Gasteiger partial charge in [-0.1, -0.05) is 32.9 Å². The first-order valence-electron chi connectivity index (χ1n) is 8.05. The molecule has 5 nitrogen and oxygen atoms in total.